The fraction of sp³-hybridized carbons (Fsp3) is 0.417. The number of nitrogens with zero attached hydrogens (tertiary/aromatic N) is 3. The lowest BCUT2D eigenvalue weighted by molar-refractivity contribution is 0.0982. The number of aromatic nitrogens is 3. The molecule has 0 spiro atoms. The number of carbonyl (C=O) groups is 1. The topological polar surface area (TPSA) is 114 Å². The number of hydrogen-bond donors (Lipinski definition) is 2. The minimum atomic E-state index is -0.674. The van der Waals surface area contributed by atoms with Crippen LogP contribution in [-0.2, 0) is 6.54 Å². The van der Waals surface area contributed by atoms with Gasteiger partial charge in [0.25, 0.3) is 11.5 Å². The predicted octanol–water partition coefficient (Wildman–Crippen LogP) is 4.22. The number of nitrogen functional groups attached to an aromatic ring is 1. The quantitative estimate of drug-likeness (QED) is 0.487. The molecular weight excluding hydrogens is 438 g/mol. The van der Waals surface area contributed by atoms with Gasteiger partial charge in [0.2, 0.25) is 0 Å². The summed E-state index contributed by atoms with van der Waals surface area (Å²) >= 11 is 1.37. The van der Waals surface area contributed by atoms with E-state index in [1.807, 2.05) is 26.0 Å². The lowest BCUT2D eigenvalue weighted by atomic mass is 10.0. The van der Waals surface area contributed by atoms with Crippen molar-refractivity contribution in [1.29, 1.82) is 0 Å². The van der Waals surface area contributed by atoms with Gasteiger partial charge in [0, 0.05) is 24.0 Å². The number of benzene rings is 1. The maximum atomic E-state index is 13.4. The van der Waals surface area contributed by atoms with Gasteiger partial charge in [-0.25, -0.2) is 9.78 Å². The zero-order valence-corrected chi connectivity index (χ0v) is 20.4. The Morgan fingerprint density at radius 2 is 1.88 bits per heavy atom. The molecule has 33 heavy (non-hydrogen) atoms. The summed E-state index contributed by atoms with van der Waals surface area (Å²) in [6.07, 6.45) is 2.19. The van der Waals surface area contributed by atoms with Crippen molar-refractivity contribution in [3.8, 4) is 10.6 Å². The minimum Gasteiger partial charge on any atom is -0.383 e. The Labute approximate surface area is 197 Å². The molecule has 1 amide bonds. The van der Waals surface area contributed by atoms with Crippen LogP contribution in [0.1, 0.15) is 68.9 Å². The molecule has 3 rings (SSSR count). The van der Waals surface area contributed by atoms with E-state index in [4.69, 9.17) is 5.73 Å². The first-order valence-corrected chi connectivity index (χ1v) is 12.2. The zero-order chi connectivity index (χ0) is 24.1. The number of aromatic amines is 1. The third-order valence-corrected chi connectivity index (χ3v) is 6.35. The molecule has 0 bridgehead atoms. The fourth-order valence-electron chi connectivity index (χ4n) is 3.57. The Hall–Kier alpha value is -3.20. The molecule has 0 saturated heterocycles. The van der Waals surface area contributed by atoms with Crippen LogP contribution < -0.4 is 21.9 Å². The highest BCUT2D eigenvalue weighted by Gasteiger charge is 2.26. The van der Waals surface area contributed by atoms with E-state index in [1.165, 1.54) is 26.4 Å². The van der Waals surface area contributed by atoms with Gasteiger partial charge in [0.15, 0.2) is 5.69 Å². The van der Waals surface area contributed by atoms with E-state index >= 15 is 0 Å². The molecule has 2 heterocycles. The van der Waals surface area contributed by atoms with Crippen LogP contribution in [0.25, 0.3) is 10.6 Å². The second-order valence-corrected chi connectivity index (χ2v) is 9.13. The number of unbranched alkanes of at least 4 members (excludes halogenated alkanes) is 1. The van der Waals surface area contributed by atoms with Crippen molar-refractivity contribution in [1.82, 2.24) is 14.5 Å². The maximum Gasteiger partial charge on any atom is 0.330 e. The molecule has 2 aromatic heterocycles. The van der Waals surface area contributed by atoms with Gasteiger partial charge in [-0.2, -0.15) is 0 Å². The average molecular weight is 470 g/mol. The molecular formula is C24H31N5O3S. The van der Waals surface area contributed by atoms with Crippen LogP contribution in [-0.4, -0.2) is 27.0 Å². The molecule has 0 aliphatic carbocycles. The van der Waals surface area contributed by atoms with Crippen LogP contribution in [0.3, 0.4) is 0 Å². The highest BCUT2D eigenvalue weighted by molar-refractivity contribution is 7.13. The lowest BCUT2D eigenvalue weighted by Gasteiger charge is -2.23. The Balaban J connectivity index is 1.98. The summed E-state index contributed by atoms with van der Waals surface area (Å²) in [5.41, 5.74) is 7.38. The molecule has 0 aliphatic heterocycles. The normalized spacial score (nSPS) is 11.2. The number of H-pyrrole nitrogens is 1. The highest BCUT2D eigenvalue weighted by atomic mass is 32.1. The molecule has 0 saturated carbocycles. The molecule has 0 unspecified atom stereocenters. The highest BCUT2D eigenvalue weighted by Crippen LogP contribution is 2.27. The molecule has 1 aromatic carbocycles. The van der Waals surface area contributed by atoms with Gasteiger partial charge >= 0.3 is 5.69 Å². The fourth-order valence-corrected chi connectivity index (χ4v) is 4.37. The van der Waals surface area contributed by atoms with Crippen molar-refractivity contribution in [2.24, 2.45) is 0 Å². The molecule has 176 valence electrons. The smallest absolute Gasteiger partial charge is 0.330 e. The van der Waals surface area contributed by atoms with Crippen LogP contribution in [0, 0.1) is 0 Å². The monoisotopic (exact) mass is 469 g/mol. The number of hydrogen-bond acceptors (Lipinski definition) is 6. The van der Waals surface area contributed by atoms with Crippen LogP contribution in [0.15, 0.2) is 39.2 Å². The average Bonchev–Trinajstić information content (AvgIpc) is 3.28. The van der Waals surface area contributed by atoms with Gasteiger partial charge in [0.1, 0.15) is 16.5 Å². The van der Waals surface area contributed by atoms with E-state index < -0.39 is 17.2 Å². The van der Waals surface area contributed by atoms with Crippen molar-refractivity contribution in [2.75, 3.05) is 17.2 Å². The maximum absolute atomic E-state index is 13.4. The summed E-state index contributed by atoms with van der Waals surface area (Å²) in [5, 5.41) is 2.41. The van der Waals surface area contributed by atoms with Crippen molar-refractivity contribution in [3.05, 3.63) is 61.7 Å². The van der Waals surface area contributed by atoms with Crippen molar-refractivity contribution >= 4 is 28.7 Å². The van der Waals surface area contributed by atoms with Gasteiger partial charge in [-0.3, -0.25) is 24.0 Å². The molecule has 0 fully saturated rings. The first kappa shape index (κ1) is 24.4. The minimum absolute atomic E-state index is 0.00118. The van der Waals surface area contributed by atoms with E-state index in [2.05, 4.69) is 35.9 Å². The third kappa shape index (κ3) is 5.24. The Kier molecular flexibility index (Phi) is 7.86. The third-order valence-electron chi connectivity index (χ3n) is 5.46. The zero-order valence-electron chi connectivity index (χ0n) is 19.6. The summed E-state index contributed by atoms with van der Waals surface area (Å²) in [6.45, 7) is 8.81. The second kappa shape index (κ2) is 10.6. The van der Waals surface area contributed by atoms with E-state index in [1.54, 1.807) is 5.38 Å². The van der Waals surface area contributed by atoms with E-state index in [0.29, 0.717) is 18.9 Å². The van der Waals surface area contributed by atoms with E-state index in [0.717, 1.165) is 23.4 Å². The summed E-state index contributed by atoms with van der Waals surface area (Å²) in [4.78, 5) is 46.6. The van der Waals surface area contributed by atoms with E-state index in [9.17, 15) is 14.4 Å². The van der Waals surface area contributed by atoms with Crippen LogP contribution in [0.5, 0.6) is 0 Å². The summed E-state index contributed by atoms with van der Waals surface area (Å²) in [6, 6.07) is 8.12. The number of carbonyl (C=O) groups excluding carboxylic acids is 1. The summed E-state index contributed by atoms with van der Waals surface area (Å²) in [5.74, 6) is 0.00833. The number of nitrogens with two attached hydrogens (primary N) is 1. The number of thiazole rings is 1. The largest absolute Gasteiger partial charge is 0.383 e. The first-order valence-electron chi connectivity index (χ1n) is 11.3. The summed E-state index contributed by atoms with van der Waals surface area (Å²) in [7, 11) is 0. The van der Waals surface area contributed by atoms with Gasteiger partial charge in [-0.05, 0) is 24.3 Å². The Morgan fingerprint density at radius 3 is 2.48 bits per heavy atom. The first-order chi connectivity index (χ1) is 15.8. The Bertz CT molecular complexity index is 1220. The molecule has 3 N–H and O–H groups in total. The molecule has 0 atom stereocenters. The van der Waals surface area contributed by atoms with Crippen LogP contribution >= 0.6 is 11.3 Å². The molecule has 0 aliphatic rings. The lowest BCUT2D eigenvalue weighted by Crippen LogP contribution is -2.41. The summed E-state index contributed by atoms with van der Waals surface area (Å²) < 4.78 is 1.32. The second-order valence-electron chi connectivity index (χ2n) is 8.27. The number of rotatable bonds is 9. The van der Waals surface area contributed by atoms with Gasteiger partial charge in [-0.1, -0.05) is 58.4 Å². The van der Waals surface area contributed by atoms with Gasteiger partial charge < -0.3 is 5.73 Å². The number of amides is 1. The van der Waals surface area contributed by atoms with Crippen molar-refractivity contribution < 1.29 is 4.79 Å². The molecule has 9 heteroatoms. The van der Waals surface area contributed by atoms with Crippen molar-refractivity contribution in [3.63, 3.8) is 0 Å². The van der Waals surface area contributed by atoms with Gasteiger partial charge in [0.05, 0.1) is 0 Å². The van der Waals surface area contributed by atoms with Crippen molar-refractivity contribution in [2.45, 2.75) is 59.4 Å². The predicted molar refractivity (Wildman–Crippen MR) is 134 cm³/mol. The molecule has 8 nitrogen and oxygen atoms in total. The van der Waals surface area contributed by atoms with Crippen LogP contribution in [0.4, 0.5) is 11.5 Å². The molecule has 0 radical (unpaired) electrons. The number of nitrogens with one attached hydrogen (secondary N) is 1. The Morgan fingerprint density at radius 1 is 1.18 bits per heavy atom. The molecule has 3 aromatic rings. The number of anilines is 2. The van der Waals surface area contributed by atoms with E-state index in [-0.39, 0.29) is 23.7 Å². The SMILES string of the molecule is CCCCn1c(N)c(N(CCC)C(=O)c2csc(-c3ccc(C(C)C)cc3)n2)c(=O)[nH]c1=O. The standard InChI is InChI=1S/C24H31N5O3S/c1-5-7-13-29-20(25)19(21(30)27-24(29)32)28(12-6-2)23(31)18-14-33-22(26-18)17-10-8-16(9-11-17)15(3)4/h8-11,14-15H,5-7,12-13,25H2,1-4H3,(H,27,30,32). The van der Waals surface area contributed by atoms with Gasteiger partial charge in [-0.15, -0.1) is 11.3 Å². The van der Waals surface area contributed by atoms with Crippen LogP contribution in [0.2, 0.25) is 0 Å².